The van der Waals surface area contributed by atoms with Gasteiger partial charge >= 0.3 is 5.69 Å². The number of hydrogen-bond acceptors (Lipinski definition) is 4. The minimum atomic E-state index is -0.542. The molecule has 5 nitrogen and oxygen atoms in total. The van der Waals surface area contributed by atoms with E-state index >= 15 is 0 Å². The summed E-state index contributed by atoms with van der Waals surface area (Å²) in [5.41, 5.74) is 5.96. The number of anilines is 1. The summed E-state index contributed by atoms with van der Waals surface area (Å²) in [6.45, 7) is 0. The summed E-state index contributed by atoms with van der Waals surface area (Å²) in [6.07, 6.45) is 0. The molecule has 2 N–H and O–H groups in total. The third-order valence-electron chi connectivity index (χ3n) is 1.29. The van der Waals surface area contributed by atoms with Crippen molar-refractivity contribution in [2.24, 2.45) is 0 Å². The second kappa shape index (κ2) is 3.65. The number of nitrogens with two attached hydrogens (primary N) is 1. The van der Waals surface area contributed by atoms with Gasteiger partial charge in [0.05, 0.1) is 10.6 Å². The Morgan fingerprint density at radius 1 is 1.67 bits per heavy atom. The molecule has 1 aromatic rings. The summed E-state index contributed by atoms with van der Waals surface area (Å²) in [6, 6.07) is 2.97. The fraction of sp³-hybridized carbons (Fsp3) is 0.167. The highest BCUT2D eigenvalue weighted by atomic mass is 127. The number of rotatable bonds is 2. The van der Waals surface area contributed by atoms with Crippen LogP contribution < -0.4 is 5.73 Å². The molecule has 0 atom stereocenters. The number of nitrogens with zero attached hydrogens (tertiary/aromatic N) is 2. The van der Waals surface area contributed by atoms with Gasteiger partial charge in [-0.1, -0.05) is 22.6 Å². The van der Waals surface area contributed by atoms with Crippen LogP contribution in [0.4, 0.5) is 11.5 Å². The average Bonchev–Trinajstić information content (AvgIpc) is 2.03. The maximum Gasteiger partial charge on any atom is 0.311 e. The molecule has 0 fully saturated rings. The second-order valence-corrected chi connectivity index (χ2v) is 2.86. The van der Waals surface area contributed by atoms with Crippen LogP contribution in [0.3, 0.4) is 0 Å². The normalized spacial score (nSPS) is 9.75. The maximum absolute atomic E-state index is 10.3. The van der Waals surface area contributed by atoms with Crippen molar-refractivity contribution >= 4 is 34.1 Å². The molecular weight excluding hydrogens is 273 g/mol. The molecule has 0 saturated heterocycles. The molecule has 0 aliphatic rings. The van der Waals surface area contributed by atoms with E-state index in [1.54, 1.807) is 6.07 Å². The van der Waals surface area contributed by atoms with Crippen LogP contribution in [0.1, 0.15) is 5.69 Å². The van der Waals surface area contributed by atoms with Gasteiger partial charge in [0.15, 0.2) is 0 Å². The number of aromatic nitrogens is 1. The van der Waals surface area contributed by atoms with Crippen molar-refractivity contribution in [3.63, 3.8) is 0 Å². The summed E-state index contributed by atoms with van der Waals surface area (Å²) >= 11 is 2.11. The van der Waals surface area contributed by atoms with Crippen molar-refractivity contribution in [1.29, 1.82) is 0 Å². The molecule has 1 heterocycles. The summed E-state index contributed by atoms with van der Waals surface area (Å²) in [7, 11) is 0. The SMILES string of the molecule is Nc1nc(CI)ccc1[N+](=O)[O-]. The van der Waals surface area contributed by atoms with Crippen molar-refractivity contribution in [3.05, 3.63) is 27.9 Å². The Kier molecular flexibility index (Phi) is 2.79. The zero-order chi connectivity index (χ0) is 9.14. The lowest BCUT2D eigenvalue weighted by atomic mass is 10.3. The number of alkyl halides is 1. The first kappa shape index (κ1) is 9.17. The first-order chi connectivity index (χ1) is 5.65. The maximum atomic E-state index is 10.3. The molecule has 1 aromatic heterocycles. The van der Waals surface area contributed by atoms with Crippen molar-refractivity contribution in [1.82, 2.24) is 4.98 Å². The Morgan fingerprint density at radius 2 is 2.33 bits per heavy atom. The standard InChI is InChI=1S/C6H6IN3O2/c7-3-4-1-2-5(10(11)12)6(8)9-4/h1-2H,3H2,(H2,8,9). The molecule has 6 heteroatoms. The van der Waals surface area contributed by atoms with E-state index in [2.05, 4.69) is 27.6 Å². The molecule has 64 valence electrons. The lowest BCUT2D eigenvalue weighted by Crippen LogP contribution is -1.99. The monoisotopic (exact) mass is 279 g/mol. The van der Waals surface area contributed by atoms with Crippen LogP contribution >= 0.6 is 22.6 Å². The van der Waals surface area contributed by atoms with Crippen molar-refractivity contribution in [2.75, 3.05) is 5.73 Å². The lowest BCUT2D eigenvalue weighted by molar-refractivity contribution is -0.384. The van der Waals surface area contributed by atoms with Gasteiger partial charge in [-0.15, -0.1) is 0 Å². The minimum absolute atomic E-state index is 0.0193. The molecule has 0 aliphatic heterocycles. The van der Waals surface area contributed by atoms with Crippen LogP contribution in [0.2, 0.25) is 0 Å². The fourth-order valence-electron chi connectivity index (χ4n) is 0.739. The largest absolute Gasteiger partial charge is 0.378 e. The van der Waals surface area contributed by atoms with E-state index in [0.717, 1.165) is 5.69 Å². The van der Waals surface area contributed by atoms with E-state index in [9.17, 15) is 10.1 Å². The molecule has 0 unspecified atom stereocenters. The van der Waals surface area contributed by atoms with Crippen molar-refractivity contribution < 1.29 is 4.92 Å². The molecular formula is C6H6IN3O2. The van der Waals surface area contributed by atoms with Crippen LogP contribution in [-0.4, -0.2) is 9.91 Å². The minimum Gasteiger partial charge on any atom is -0.378 e. The van der Waals surface area contributed by atoms with Crippen LogP contribution in [0, 0.1) is 10.1 Å². The molecule has 0 aromatic carbocycles. The summed E-state index contributed by atoms with van der Waals surface area (Å²) in [4.78, 5) is 13.6. The molecule has 0 spiro atoms. The van der Waals surface area contributed by atoms with Gasteiger partial charge in [0.1, 0.15) is 0 Å². The van der Waals surface area contributed by atoms with E-state index in [4.69, 9.17) is 5.73 Å². The molecule has 0 amide bonds. The number of hydrogen-bond donors (Lipinski definition) is 1. The number of nitro groups is 1. The summed E-state index contributed by atoms with van der Waals surface area (Å²) in [5, 5.41) is 10.3. The average molecular weight is 279 g/mol. The van der Waals surface area contributed by atoms with Crippen molar-refractivity contribution in [3.8, 4) is 0 Å². The lowest BCUT2D eigenvalue weighted by Gasteiger charge is -1.97. The Bertz CT molecular complexity index is 316. The fourth-order valence-corrected chi connectivity index (χ4v) is 1.16. The first-order valence-corrected chi connectivity index (χ1v) is 4.63. The van der Waals surface area contributed by atoms with Gasteiger partial charge in [0, 0.05) is 10.5 Å². The molecule has 0 aliphatic carbocycles. The Morgan fingerprint density at radius 3 is 2.75 bits per heavy atom. The van der Waals surface area contributed by atoms with E-state index in [1.165, 1.54) is 6.07 Å². The molecule has 0 bridgehead atoms. The van der Waals surface area contributed by atoms with Gasteiger partial charge in [-0.05, 0) is 6.07 Å². The zero-order valence-corrected chi connectivity index (χ0v) is 8.19. The molecule has 12 heavy (non-hydrogen) atoms. The highest BCUT2D eigenvalue weighted by molar-refractivity contribution is 14.1. The zero-order valence-electron chi connectivity index (χ0n) is 6.03. The Labute approximate surface area is 82.3 Å². The van der Waals surface area contributed by atoms with Crippen molar-refractivity contribution in [2.45, 2.75) is 4.43 Å². The van der Waals surface area contributed by atoms with Gasteiger partial charge < -0.3 is 5.73 Å². The summed E-state index contributed by atoms with van der Waals surface area (Å²) in [5.74, 6) is -0.0193. The van der Waals surface area contributed by atoms with E-state index in [0.29, 0.717) is 4.43 Å². The third kappa shape index (κ3) is 1.81. The quantitative estimate of drug-likeness (QED) is 0.385. The van der Waals surface area contributed by atoms with Gasteiger partial charge in [-0.3, -0.25) is 10.1 Å². The van der Waals surface area contributed by atoms with Gasteiger partial charge in [0.25, 0.3) is 0 Å². The molecule has 0 saturated carbocycles. The second-order valence-electron chi connectivity index (χ2n) is 2.10. The predicted octanol–water partition coefficient (Wildman–Crippen LogP) is 1.51. The van der Waals surface area contributed by atoms with Gasteiger partial charge in [0.2, 0.25) is 5.82 Å². The number of nitrogen functional groups attached to an aromatic ring is 1. The van der Waals surface area contributed by atoms with Crippen LogP contribution in [0.25, 0.3) is 0 Å². The Hall–Kier alpha value is -0.920. The Balaban J connectivity index is 3.12. The number of halogens is 1. The van der Waals surface area contributed by atoms with E-state index < -0.39 is 4.92 Å². The smallest absolute Gasteiger partial charge is 0.311 e. The highest BCUT2D eigenvalue weighted by Crippen LogP contribution is 2.19. The molecule has 1 rings (SSSR count). The summed E-state index contributed by atoms with van der Waals surface area (Å²) < 4.78 is 0.694. The highest BCUT2D eigenvalue weighted by Gasteiger charge is 2.11. The van der Waals surface area contributed by atoms with Crippen LogP contribution in [-0.2, 0) is 4.43 Å². The first-order valence-electron chi connectivity index (χ1n) is 3.11. The van der Waals surface area contributed by atoms with Crippen LogP contribution in [0.15, 0.2) is 12.1 Å². The van der Waals surface area contributed by atoms with Gasteiger partial charge in [-0.25, -0.2) is 4.98 Å². The predicted molar refractivity (Wildman–Crippen MR) is 53.0 cm³/mol. The number of pyridine rings is 1. The van der Waals surface area contributed by atoms with Crippen LogP contribution in [0.5, 0.6) is 0 Å². The topological polar surface area (TPSA) is 82.0 Å². The van der Waals surface area contributed by atoms with E-state index in [-0.39, 0.29) is 11.5 Å². The van der Waals surface area contributed by atoms with Gasteiger partial charge in [-0.2, -0.15) is 0 Å². The van der Waals surface area contributed by atoms with E-state index in [1.807, 2.05) is 0 Å². The third-order valence-corrected chi connectivity index (χ3v) is 2.08. The molecule has 0 radical (unpaired) electrons.